The highest BCUT2D eigenvalue weighted by Gasteiger charge is 2.20. The van der Waals surface area contributed by atoms with Crippen molar-refractivity contribution in [3.8, 4) is 11.3 Å². The number of furan rings is 1. The summed E-state index contributed by atoms with van der Waals surface area (Å²) in [6.07, 6.45) is 7.51. The first kappa shape index (κ1) is 14.5. The van der Waals surface area contributed by atoms with Gasteiger partial charge in [0.05, 0.1) is 12.0 Å². The molecule has 0 N–H and O–H groups in total. The highest BCUT2D eigenvalue weighted by molar-refractivity contribution is 5.83. The van der Waals surface area contributed by atoms with Crippen LogP contribution in [0.3, 0.4) is 0 Å². The minimum Gasteiger partial charge on any atom is -0.461 e. The molecule has 0 saturated carbocycles. The molecule has 1 saturated heterocycles. The molecule has 1 atom stereocenters. The van der Waals surface area contributed by atoms with Crippen LogP contribution in [-0.4, -0.2) is 33.6 Å². The maximum absolute atomic E-state index is 6.01. The molecule has 0 radical (unpaired) electrons. The number of nitrogens with zero attached hydrogens (tertiary/aromatic N) is 3. The Bertz CT molecular complexity index is 817. The fourth-order valence-corrected chi connectivity index (χ4v) is 3.52. The van der Waals surface area contributed by atoms with E-state index in [0.29, 0.717) is 0 Å². The lowest BCUT2D eigenvalue weighted by atomic mass is 10.1. The van der Waals surface area contributed by atoms with Crippen LogP contribution in [0.4, 0.5) is 0 Å². The van der Waals surface area contributed by atoms with Gasteiger partial charge in [-0.05, 0) is 50.6 Å². The third-order valence-corrected chi connectivity index (χ3v) is 4.90. The summed E-state index contributed by atoms with van der Waals surface area (Å²) in [6, 6.07) is 9.21. The Morgan fingerprint density at radius 2 is 2.22 bits per heavy atom. The average Bonchev–Trinajstić information content (AvgIpc) is 3.24. The van der Waals surface area contributed by atoms with Gasteiger partial charge in [0, 0.05) is 43.2 Å². The maximum atomic E-state index is 6.01. The molecule has 0 unspecified atom stereocenters. The topological polar surface area (TPSA) is 34.2 Å². The van der Waals surface area contributed by atoms with Gasteiger partial charge in [-0.1, -0.05) is 0 Å². The number of rotatable bonds is 4. The van der Waals surface area contributed by atoms with Crippen molar-refractivity contribution in [1.82, 2.24) is 14.5 Å². The third kappa shape index (κ3) is 2.91. The minimum atomic E-state index is 0.718. The molecule has 4 heteroatoms. The molecule has 1 fully saturated rings. The second-order valence-corrected chi connectivity index (χ2v) is 6.67. The van der Waals surface area contributed by atoms with Gasteiger partial charge in [-0.15, -0.1) is 0 Å². The van der Waals surface area contributed by atoms with Gasteiger partial charge in [0.2, 0.25) is 0 Å². The van der Waals surface area contributed by atoms with Crippen molar-refractivity contribution in [2.45, 2.75) is 32.2 Å². The van der Waals surface area contributed by atoms with E-state index in [9.17, 15) is 0 Å². The average molecular weight is 309 g/mol. The van der Waals surface area contributed by atoms with Gasteiger partial charge in [0.15, 0.2) is 0 Å². The summed E-state index contributed by atoms with van der Waals surface area (Å²) in [7, 11) is 1.99. The zero-order valence-electron chi connectivity index (χ0n) is 13.8. The molecular formula is C19H23N3O. The van der Waals surface area contributed by atoms with Gasteiger partial charge < -0.3 is 13.9 Å². The van der Waals surface area contributed by atoms with Gasteiger partial charge in [0.1, 0.15) is 11.3 Å². The lowest BCUT2D eigenvalue weighted by molar-refractivity contribution is 0.266. The first-order valence-corrected chi connectivity index (χ1v) is 8.44. The quantitative estimate of drug-likeness (QED) is 0.734. The molecule has 2 aromatic heterocycles. The van der Waals surface area contributed by atoms with Crippen molar-refractivity contribution in [2.24, 2.45) is 7.05 Å². The normalized spacial score (nSPS) is 19.0. The number of likely N-dealkylation sites (tertiary alicyclic amines) is 1. The maximum Gasteiger partial charge on any atom is 0.134 e. The fraction of sp³-hybridized carbons (Fsp3) is 0.421. The number of aryl methyl sites for hydroxylation is 1. The molecule has 0 spiro atoms. The summed E-state index contributed by atoms with van der Waals surface area (Å²) in [5.41, 5.74) is 3.11. The Morgan fingerprint density at radius 3 is 2.96 bits per heavy atom. The largest absolute Gasteiger partial charge is 0.461 e. The van der Waals surface area contributed by atoms with E-state index in [-0.39, 0.29) is 0 Å². The van der Waals surface area contributed by atoms with Crippen molar-refractivity contribution >= 4 is 11.0 Å². The van der Waals surface area contributed by atoms with Gasteiger partial charge in [-0.2, -0.15) is 0 Å². The molecule has 1 aliphatic rings. The number of fused-ring (bicyclic) bond motifs is 1. The van der Waals surface area contributed by atoms with Crippen LogP contribution in [0.15, 0.2) is 41.2 Å². The standard InChI is InChI=1S/C19H23N3O/c1-14-4-3-8-22(14)9-7-17-11-16-10-15(5-6-19(16)23-17)18-12-21(2)13-20-18/h5-6,10-14H,3-4,7-9H2,1-2H3/t14-/m1/s1. The molecule has 23 heavy (non-hydrogen) atoms. The van der Waals surface area contributed by atoms with Crippen LogP contribution in [0.5, 0.6) is 0 Å². The number of hydrogen-bond donors (Lipinski definition) is 0. The van der Waals surface area contributed by atoms with Gasteiger partial charge in [-0.3, -0.25) is 0 Å². The van der Waals surface area contributed by atoms with E-state index < -0.39 is 0 Å². The smallest absolute Gasteiger partial charge is 0.134 e. The van der Waals surface area contributed by atoms with Crippen molar-refractivity contribution in [3.05, 3.63) is 42.5 Å². The molecule has 1 aromatic carbocycles. The summed E-state index contributed by atoms with van der Waals surface area (Å²) >= 11 is 0. The van der Waals surface area contributed by atoms with Gasteiger partial charge in [0.25, 0.3) is 0 Å². The SMILES string of the molecule is C[C@@H]1CCCN1CCc1cc2cc(-c3cn(C)cn3)ccc2o1. The Balaban J connectivity index is 1.53. The Morgan fingerprint density at radius 1 is 1.30 bits per heavy atom. The monoisotopic (exact) mass is 309 g/mol. The number of imidazole rings is 1. The summed E-state index contributed by atoms with van der Waals surface area (Å²) in [6.45, 7) is 4.64. The third-order valence-electron chi connectivity index (χ3n) is 4.90. The van der Waals surface area contributed by atoms with E-state index in [4.69, 9.17) is 4.42 Å². The fourth-order valence-electron chi connectivity index (χ4n) is 3.52. The summed E-state index contributed by atoms with van der Waals surface area (Å²) < 4.78 is 7.98. The first-order valence-electron chi connectivity index (χ1n) is 8.44. The molecule has 1 aliphatic heterocycles. The van der Waals surface area contributed by atoms with Crippen LogP contribution >= 0.6 is 0 Å². The van der Waals surface area contributed by atoms with E-state index in [1.165, 1.54) is 19.4 Å². The summed E-state index contributed by atoms with van der Waals surface area (Å²) in [4.78, 5) is 6.98. The van der Waals surface area contributed by atoms with E-state index in [2.05, 4.69) is 41.1 Å². The molecule has 0 bridgehead atoms. The van der Waals surface area contributed by atoms with Crippen LogP contribution in [0, 0.1) is 0 Å². The van der Waals surface area contributed by atoms with E-state index >= 15 is 0 Å². The summed E-state index contributed by atoms with van der Waals surface area (Å²) in [5, 5.41) is 1.16. The number of benzene rings is 1. The lowest BCUT2D eigenvalue weighted by Crippen LogP contribution is -2.28. The first-order chi connectivity index (χ1) is 11.2. The van der Waals surface area contributed by atoms with Crippen LogP contribution in [0.25, 0.3) is 22.2 Å². The molecule has 3 aromatic rings. The lowest BCUT2D eigenvalue weighted by Gasteiger charge is -2.19. The highest BCUT2D eigenvalue weighted by atomic mass is 16.3. The molecule has 120 valence electrons. The zero-order chi connectivity index (χ0) is 15.8. The summed E-state index contributed by atoms with van der Waals surface area (Å²) in [5.74, 6) is 1.08. The van der Waals surface area contributed by atoms with E-state index in [1.807, 2.05) is 24.1 Å². The van der Waals surface area contributed by atoms with Crippen molar-refractivity contribution in [3.63, 3.8) is 0 Å². The molecule has 0 amide bonds. The van der Waals surface area contributed by atoms with Crippen LogP contribution in [0.2, 0.25) is 0 Å². The molecule has 0 aliphatic carbocycles. The van der Waals surface area contributed by atoms with Crippen LogP contribution in [0.1, 0.15) is 25.5 Å². The zero-order valence-corrected chi connectivity index (χ0v) is 13.8. The number of hydrogen-bond acceptors (Lipinski definition) is 3. The predicted octanol–water partition coefficient (Wildman–Crippen LogP) is 3.86. The van der Waals surface area contributed by atoms with Crippen molar-refractivity contribution < 1.29 is 4.42 Å². The molecular weight excluding hydrogens is 286 g/mol. The number of aromatic nitrogens is 2. The van der Waals surface area contributed by atoms with Crippen LogP contribution < -0.4 is 0 Å². The van der Waals surface area contributed by atoms with E-state index in [0.717, 1.165) is 47.0 Å². The van der Waals surface area contributed by atoms with Gasteiger partial charge >= 0.3 is 0 Å². The van der Waals surface area contributed by atoms with Crippen molar-refractivity contribution in [1.29, 1.82) is 0 Å². The van der Waals surface area contributed by atoms with Crippen molar-refractivity contribution in [2.75, 3.05) is 13.1 Å². The Labute approximate surface area is 136 Å². The highest BCUT2D eigenvalue weighted by Crippen LogP contribution is 2.26. The van der Waals surface area contributed by atoms with Crippen LogP contribution in [-0.2, 0) is 13.5 Å². The minimum absolute atomic E-state index is 0.718. The molecule has 4 nitrogen and oxygen atoms in total. The second-order valence-electron chi connectivity index (χ2n) is 6.67. The predicted molar refractivity (Wildman–Crippen MR) is 92.4 cm³/mol. The Kier molecular flexibility index (Phi) is 3.69. The van der Waals surface area contributed by atoms with Gasteiger partial charge in [-0.25, -0.2) is 4.98 Å². The second kappa shape index (κ2) is 5.85. The molecule has 3 heterocycles. The van der Waals surface area contributed by atoms with E-state index in [1.54, 1.807) is 0 Å². The Hall–Kier alpha value is -2.07. The molecule has 4 rings (SSSR count).